The molecule has 0 unspecified atom stereocenters. The number of oxazole rings is 1. The van der Waals surface area contributed by atoms with E-state index in [9.17, 15) is 9.59 Å². The highest BCUT2D eigenvalue weighted by atomic mass is 16.4. The number of carbonyl (C=O) groups excluding carboxylic acids is 1. The number of carbonyl (C=O) groups is 1. The lowest BCUT2D eigenvalue weighted by molar-refractivity contribution is -0.132. The summed E-state index contributed by atoms with van der Waals surface area (Å²) >= 11 is 0. The summed E-state index contributed by atoms with van der Waals surface area (Å²) in [6, 6.07) is 13.5. The van der Waals surface area contributed by atoms with Gasteiger partial charge in [-0.15, -0.1) is 0 Å². The average molecular weight is 378 g/mol. The molecule has 0 atom stereocenters. The van der Waals surface area contributed by atoms with Gasteiger partial charge in [-0.1, -0.05) is 35.9 Å². The maximum atomic E-state index is 12.6. The highest BCUT2D eigenvalue weighted by Gasteiger charge is 2.23. The zero-order valence-electron chi connectivity index (χ0n) is 15.7. The van der Waals surface area contributed by atoms with E-state index in [0.717, 1.165) is 30.0 Å². The van der Waals surface area contributed by atoms with Crippen LogP contribution in [0.2, 0.25) is 0 Å². The van der Waals surface area contributed by atoms with E-state index in [1.54, 1.807) is 17.3 Å². The number of piperazine rings is 1. The summed E-state index contributed by atoms with van der Waals surface area (Å²) in [4.78, 5) is 33.1. The van der Waals surface area contributed by atoms with E-state index >= 15 is 0 Å². The number of hydrogen-bond acceptors (Lipinski definition) is 5. The summed E-state index contributed by atoms with van der Waals surface area (Å²) in [5, 5.41) is 0. The van der Waals surface area contributed by atoms with Gasteiger partial charge in [-0.2, -0.15) is 0 Å². The Morgan fingerprint density at radius 3 is 2.50 bits per heavy atom. The number of pyridine rings is 1. The van der Waals surface area contributed by atoms with Gasteiger partial charge in [-0.05, 0) is 19.1 Å². The van der Waals surface area contributed by atoms with Gasteiger partial charge in [-0.3, -0.25) is 9.36 Å². The minimum absolute atomic E-state index is 0.0161. The second-order valence-electron chi connectivity index (χ2n) is 6.91. The van der Waals surface area contributed by atoms with Crippen molar-refractivity contribution in [1.29, 1.82) is 0 Å². The molecule has 0 saturated carbocycles. The Hall–Kier alpha value is -3.35. The largest absolute Gasteiger partial charge is 0.419 e. The zero-order chi connectivity index (χ0) is 19.5. The standard InChI is InChI=1S/C21H22N4O3/c1-16-5-7-17(8-6-16)18-14-25(21(27)28-18)15-20(26)24-12-10-23(11-13-24)19-4-2-3-9-22-19/h2-9,14H,10-13,15H2,1H3. The smallest absolute Gasteiger partial charge is 0.408 e. The van der Waals surface area contributed by atoms with Gasteiger partial charge in [0.1, 0.15) is 12.4 Å². The Labute approximate surface area is 162 Å². The van der Waals surface area contributed by atoms with Gasteiger partial charge < -0.3 is 14.2 Å². The van der Waals surface area contributed by atoms with E-state index in [0.29, 0.717) is 18.8 Å². The van der Waals surface area contributed by atoms with Crippen molar-refractivity contribution in [3.05, 3.63) is 71.0 Å². The van der Waals surface area contributed by atoms with Crippen LogP contribution in [0.5, 0.6) is 0 Å². The van der Waals surface area contributed by atoms with Crippen LogP contribution in [0.1, 0.15) is 5.56 Å². The van der Waals surface area contributed by atoms with E-state index in [1.165, 1.54) is 4.57 Å². The number of amides is 1. The maximum Gasteiger partial charge on any atom is 0.419 e. The van der Waals surface area contributed by atoms with Crippen molar-refractivity contribution in [1.82, 2.24) is 14.5 Å². The van der Waals surface area contributed by atoms with Gasteiger partial charge in [0.2, 0.25) is 5.91 Å². The zero-order valence-corrected chi connectivity index (χ0v) is 15.7. The van der Waals surface area contributed by atoms with Crippen molar-refractivity contribution in [2.75, 3.05) is 31.1 Å². The molecule has 1 aromatic carbocycles. The fourth-order valence-electron chi connectivity index (χ4n) is 3.31. The molecule has 0 N–H and O–H groups in total. The van der Waals surface area contributed by atoms with Gasteiger partial charge in [0.25, 0.3) is 0 Å². The summed E-state index contributed by atoms with van der Waals surface area (Å²) < 4.78 is 6.66. The lowest BCUT2D eigenvalue weighted by Gasteiger charge is -2.35. The molecule has 1 aliphatic heterocycles. The maximum absolute atomic E-state index is 12.6. The Balaban J connectivity index is 1.39. The first-order chi connectivity index (χ1) is 13.6. The third-order valence-corrected chi connectivity index (χ3v) is 4.95. The average Bonchev–Trinajstić information content (AvgIpc) is 3.09. The molecule has 1 amide bonds. The van der Waals surface area contributed by atoms with Crippen LogP contribution >= 0.6 is 0 Å². The molecule has 2 aromatic heterocycles. The third kappa shape index (κ3) is 3.83. The molecule has 1 saturated heterocycles. The van der Waals surface area contributed by atoms with Crippen LogP contribution in [0, 0.1) is 6.92 Å². The van der Waals surface area contributed by atoms with Crippen LogP contribution in [0.25, 0.3) is 11.3 Å². The van der Waals surface area contributed by atoms with Crippen LogP contribution < -0.4 is 10.7 Å². The molecule has 0 spiro atoms. The molecule has 0 radical (unpaired) electrons. The lowest BCUT2D eigenvalue weighted by Crippen LogP contribution is -2.50. The van der Waals surface area contributed by atoms with Crippen molar-refractivity contribution < 1.29 is 9.21 Å². The number of anilines is 1. The molecule has 28 heavy (non-hydrogen) atoms. The van der Waals surface area contributed by atoms with Crippen molar-refractivity contribution >= 4 is 11.7 Å². The van der Waals surface area contributed by atoms with Gasteiger partial charge in [0.05, 0.1) is 6.20 Å². The summed E-state index contributed by atoms with van der Waals surface area (Å²) in [5.74, 6) is 0.788. The number of aryl methyl sites for hydroxylation is 1. The molecule has 7 heteroatoms. The van der Waals surface area contributed by atoms with Crippen molar-refractivity contribution in [3.63, 3.8) is 0 Å². The SMILES string of the molecule is Cc1ccc(-c2cn(CC(=O)N3CCN(c4ccccn4)CC3)c(=O)o2)cc1. The molecule has 3 aromatic rings. The molecule has 7 nitrogen and oxygen atoms in total. The highest BCUT2D eigenvalue weighted by Crippen LogP contribution is 2.18. The van der Waals surface area contributed by atoms with Crippen molar-refractivity contribution in [2.45, 2.75) is 13.5 Å². The van der Waals surface area contributed by atoms with Gasteiger partial charge >= 0.3 is 5.76 Å². The predicted octanol–water partition coefficient (Wildman–Crippen LogP) is 2.16. The second kappa shape index (κ2) is 7.72. The summed E-state index contributed by atoms with van der Waals surface area (Å²) in [7, 11) is 0. The minimum Gasteiger partial charge on any atom is -0.408 e. The number of benzene rings is 1. The van der Waals surface area contributed by atoms with Crippen molar-refractivity contribution in [2.24, 2.45) is 0 Å². The third-order valence-electron chi connectivity index (χ3n) is 4.95. The molecular formula is C21H22N4O3. The van der Waals surface area contributed by atoms with Crippen LogP contribution in [0.4, 0.5) is 5.82 Å². The molecular weight excluding hydrogens is 356 g/mol. The predicted molar refractivity (Wildman–Crippen MR) is 106 cm³/mol. The first-order valence-electron chi connectivity index (χ1n) is 9.31. The fourth-order valence-corrected chi connectivity index (χ4v) is 3.31. The fraction of sp³-hybridized carbons (Fsp3) is 0.286. The molecule has 1 aliphatic rings. The summed E-state index contributed by atoms with van der Waals surface area (Å²) in [5.41, 5.74) is 1.95. The quantitative estimate of drug-likeness (QED) is 0.696. The van der Waals surface area contributed by atoms with E-state index in [4.69, 9.17) is 4.42 Å². The lowest BCUT2D eigenvalue weighted by atomic mass is 10.1. The van der Waals surface area contributed by atoms with E-state index in [1.807, 2.05) is 49.4 Å². The van der Waals surface area contributed by atoms with Crippen LogP contribution in [0.15, 0.2) is 64.1 Å². The van der Waals surface area contributed by atoms with Gasteiger partial charge in [0.15, 0.2) is 5.76 Å². The molecule has 1 fully saturated rings. The Morgan fingerprint density at radius 2 is 1.82 bits per heavy atom. The highest BCUT2D eigenvalue weighted by molar-refractivity contribution is 5.76. The number of nitrogens with zero attached hydrogens (tertiary/aromatic N) is 4. The molecule has 144 valence electrons. The van der Waals surface area contributed by atoms with Gasteiger partial charge in [0, 0.05) is 37.9 Å². The number of rotatable bonds is 4. The van der Waals surface area contributed by atoms with Crippen LogP contribution in [-0.4, -0.2) is 46.5 Å². The van der Waals surface area contributed by atoms with E-state index in [2.05, 4.69) is 9.88 Å². The van der Waals surface area contributed by atoms with E-state index < -0.39 is 5.76 Å². The van der Waals surface area contributed by atoms with Crippen LogP contribution in [-0.2, 0) is 11.3 Å². The number of hydrogen-bond donors (Lipinski definition) is 0. The Morgan fingerprint density at radius 1 is 1.07 bits per heavy atom. The topological polar surface area (TPSA) is 71.6 Å². The van der Waals surface area contributed by atoms with E-state index in [-0.39, 0.29) is 12.5 Å². The van der Waals surface area contributed by atoms with Gasteiger partial charge in [-0.25, -0.2) is 9.78 Å². The number of aromatic nitrogens is 2. The molecule has 0 aliphatic carbocycles. The minimum atomic E-state index is -0.518. The first kappa shape index (κ1) is 18.0. The first-order valence-corrected chi connectivity index (χ1v) is 9.31. The summed E-state index contributed by atoms with van der Waals surface area (Å²) in [6.45, 7) is 4.63. The second-order valence-corrected chi connectivity index (χ2v) is 6.91. The molecule has 4 rings (SSSR count). The van der Waals surface area contributed by atoms with Crippen LogP contribution in [0.3, 0.4) is 0 Å². The monoisotopic (exact) mass is 378 g/mol. The molecule has 0 bridgehead atoms. The van der Waals surface area contributed by atoms with Crippen molar-refractivity contribution in [3.8, 4) is 11.3 Å². The Kier molecular flexibility index (Phi) is 4.97. The summed E-state index contributed by atoms with van der Waals surface area (Å²) in [6.07, 6.45) is 3.37. The molecule has 3 heterocycles. The normalized spacial score (nSPS) is 14.3. The Bertz CT molecular complexity index is 1000.